The minimum atomic E-state index is -0.840. The molecular formula is C23H30O4. The van der Waals surface area contributed by atoms with Crippen LogP contribution in [-0.4, -0.2) is 40.9 Å². The van der Waals surface area contributed by atoms with Crippen LogP contribution in [0.25, 0.3) is 0 Å². The van der Waals surface area contributed by atoms with E-state index < -0.39 is 5.60 Å². The maximum Gasteiger partial charge on any atom is 0.171 e. The second-order valence-electron chi connectivity index (χ2n) is 10.0. The minimum absolute atomic E-state index is 0.0657. The van der Waals surface area contributed by atoms with E-state index in [0.717, 1.165) is 51.4 Å². The summed E-state index contributed by atoms with van der Waals surface area (Å²) in [5.41, 5.74) is 0.424. The maximum atomic E-state index is 11.3. The highest BCUT2D eigenvalue weighted by molar-refractivity contribution is 5.44. The molecule has 1 unspecified atom stereocenters. The fourth-order valence-corrected chi connectivity index (χ4v) is 7.76. The first-order valence-corrected chi connectivity index (χ1v) is 10.8. The van der Waals surface area contributed by atoms with Crippen molar-refractivity contribution >= 4 is 0 Å². The number of rotatable bonds is 0. The molecule has 1 N–H and O–H groups in total. The van der Waals surface area contributed by atoms with Crippen LogP contribution in [0.5, 0.6) is 0 Å². The molecule has 5 fully saturated rings. The summed E-state index contributed by atoms with van der Waals surface area (Å²) in [6, 6.07) is 0. The summed E-state index contributed by atoms with van der Waals surface area (Å²) in [5, 5.41) is 11.3. The van der Waals surface area contributed by atoms with E-state index in [1.165, 1.54) is 5.57 Å². The van der Waals surface area contributed by atoms with E-state index in [4.69, 9.17) is 14.2 Å². The van der Waals surface area contributed by atoms with Crippen molar-refractivity contribution < 1.29 is 19.3 Å². The number of allylic oxidation sites excluding steroid dienone is 1. The molecule has 146 valence electrons. The van der Waals surface area contributed by atoms with Crippen molar-refractivity contribution in [2.75, 3.05) is 13.2 Å². The van der Waals surface area contributed by atoms with Crippen LogP contribution in [0.15, 0.2) is 11.6 Å². The summed E-state index contributed by atoms with van der Waals surface area (Å²) in [7, 11) is 0. The summed E-state index contributed by atoms with van der Waals surface area (Å²) in [6.07, 6.45) is 10.3. The molecular weight excluding hydrogens is 340 g/mol. The Morgan fingerprint density at radius 2 is 1.93 bits per heavy atom. The molecule has 0 radical (unpaired) electrons. The molecule has 6 aliphatic rings. The van der Waals surface area contributed by atoms with E-state index in [9.17, 15) is 5.11 Å². The van der Waals surface area contributed by atoms with E-state index in [1.54, 1.807) is 0 Å². The highest BCUT2D eigenvalue weighted by Gasteiger charge is 2.79. The van der Waals surface area contributed by atoms with Crippen molar-refractivity contribution in [2.24, 2.45) is 17.3 Å². The Morgan fingerprint density at radius 3 is 2.70 bits per heavy atom. The lowest BCUT2D eigenvalue weighted by molar-refractivity contribution is -0.185. The highest BCUT2D eigenvalue weighted by Crippen LogP contribution is 2.74. The summed E-state index contributed by atoms with van der Waals surface area (Å²) < 4.78 is 18.7. The van der Waals surface area contributed by atoms with Crippen LogP contribution in [0.3, 0.4) is 0 Å². The van der Waals surface area contributed by atoms with Crippen LogP contribution >= 0.6 is 0 Å². The third-order valence-electron chi connectivity index (χ3n) is 9.16. The van der Waals surface area contributed by atoms with Crippen molar-refractivity contribution in [2.45, 2.75) is 87.8 Å². The molecule has 6 rings (SSSR count). The number of epoxide rings is 1. The van der Waals surface area contributed by atoms with E-state index in [2.05, 4.69) is 24.8 Å². The Bertz CT molecular complexity index is 786. The average Bonchev–Trinajstić information content (AvgIpc) is 2.99. The van der Waals surface area contributed by atoms with Crippen LogP contribution in [0.4, 0.5) is 0 Å². The van der Waals surface area contributed by atoms with Crippen molar-refractivity contribution in [3.63, 3.8) is 0 Å². The van der Waals surface area contributed by atoms with Gasteiger partial charge in [0.25, 0.3) is 0 Å². The van der Waals surface area contributed by atoms with E-state index in [1.807, 2.05) is 6.92 Å². The van der Waals surface area contributed by atoms with Gasteiger partial charge in [-0.3, -0.25) is 0 Å². The van der Waals surface area contributed by atoms with Gasteiger partial charge in [0.05, 0.1) is 13.2 Å². The van der Waals surface area contributed by atoms with Gasteiger partial charge in [-0.2, -0.15) is 0 Å². The zero-order chi connectivity index (χ0) is 18.5. The summed E-state index contributed by atoms with van der Waals surface area (Å²) in [5.74, 6) is 6.83. The number of fused-ring (bicyclic) bond motifs is 3. The zero-order valence-corrected chi connectivity index (χ0v) is 16.5. The molecule has 0 aromatic rings. The monoisotopic (exact) mass is 370 g/mol. The first-order valence-electron chi connectivity index (χ1n) is 10.8. The number of ether oxygens (including phenoxy) is 3. The second kappa shape index (κ2) is 5.00. The Morgan fingerprint density at radius 1 is 1.11 bits per heavy atom. The lowest BCUT2D eigenvalue weighted by Gasteiger charge is -2.51. The highest BCUT2D eigenvalue weighted by atomic mass is 16.7. The quantitative estimate of drug-likeness (QED) is 0.404. The largest absolute Gasteiger partial charge is 0.377 e. The molecule has 0 amide bonds. The normalized spacial score (nSPS) is 54.1. The Hall–Kier alpha value is -0.860. The fourth-order valence-electron chi connectivity index (χ4n) is 7.76. The third-order valence-corrected chi connectivity index (χ3v) is 9.16. The van der Waals surface area contributed by atoms with E-state index >= 15 is 0 Å². The molecule has 4 nitrogen and oxygen atoms in total. The van der Waals surface area contributed by atoms with Gasteiger partial charge in [-0.25, -0.2) is 0 Å². The number of hydrogen-bond donors (Lipinski definition) is 1. The fraction of sp³-hybridized carbons (Fsp3) is 0.826. The average molecular weight is 370 g/mol. The first-order chi connectivity index (χ1) is 12.9. The minimum Gasteiger partial charge on any atom is -0.377 e. The van der Waals surface area contributed by atoms with Crippen LogP contribution in [-0.2, 0) is 14.2 Å². The molecule has 0 aromatic carbocycles. The standard InChI is InChI=1S/C23H30O4/c1-3-7-20(24)9-6-17-16-4-10-21-15-22(25-13-14-26-22)11-12-23(21,27-21)18(16)5-8-19(17,20)2/h5,16-17,24H,4,6,8-15H2,1-2H3/t16-,17?,19-,20-,21+,23+/m0/s1. The van der Waals surface area contributed by atoms with E-state index in [-0.39, 0.29) is 22.4 Å². The molecule has 2 heterocycles. The van der Waals surface area contributed by atoms with Gasteiger partial charge in [-0.1, -0.05) is 18.9 Å². The van der Waals surface area contributed by atoms with Gasteiger partial charge < -0.3 is 19.3 Å². The molecule has 1 spiro atoms. The van der Waals surface area contributed by atoms with Crippen molar-refractivity contribution in [1.82, 2.24) is 0 Å². The molecule has 6 atom stereocenters. The van der Waals surface area contributed by atoms with Crippen molar-refractivity contribution in [3.05, 3.63) is 11.6 Å². The number of aliphatic hydroxyl groups is 1. The van der Waals surface area contributed by atoms with Gasteiger partial charge in [-0.05, 0) is 62.9 Å². The molecule has 4 aliphatic carbocycles. The Balaban J connectivity index is 1.35. The molecule has 4 heteroatoms. The van der Waals surface area contributed by atoms with E-state index in [0.29, 0.717) is 25.0 Å². The predicted octanol–water partition coefficient (Wildman–Crippen LogP) is 3.33. The Kier molecular flexibility index (Phi) is 3.15. The van der Waals surface area contributed by atoms with Crippen LogP contribution in [0.1, 0.15) is 65.2 Å². The Labute approximate surface area is 161 Å². The smallest absolute Gasteiger partial charge is 0.171 e. The third kappa shape index (κ3) is 1.86. The summed E-state index contributed by atoms with van der Waals surface area (Å²) in [6.45, 7) is 5.54. The van der Waals surface area contributed by atoms with Crippen molar-refractivity contribution in [1.29, 1.82) is 0 Å². The predicted molar refractivity (Wildman–Crippen MR) is 99.7 cm³/mol. The molecule has 3 saturated carbocycles. The van der Waals surface area contributed by atoms with Crippen molar-refractivity contribution in [3.8, 4) is 11.8 Å². The van der Waals surface area contributed by atoms with Gasteiger partial charge in [0.1, 0.15) is 16.8 Å². The second-order valence-corrected chi connectivity index (χ2v) is 10.0. The zero-order valence-electron chi connectivity index (χ0n) is 16.5. The number of hydrogen-bond acceptors (Lipinski definition) is 4. The topological polar surface area (TPSA) is 51.2 Å². The summed E-state index contributed by atoms with van der Waals surface area (Å²) >= 11 is 0. The lowest BCUT2D eigenvalue weighted by atomic mass is 9.53. The molecule has 0 aromatic heterocycles. The SMILES string of the molecule is CC#C[C@]1(O)CCC2[C@@H]3CC[C@@]45CC6(CC[C@@]4(O5)C3=CC[C@@]21C)OCCO6. The van der Waals surface area contributed by atoms with Crippen LogP contribution < -0.4 is 0 Å². The molecule has 27 heavy (non-hydrogen) atoms. The molecule has 0 bridgehead atoms. The van der Waals surface area contributed by atoms with Gasteiger partial charge >= 0.3 is 0 Å². The van der Waals surface area contributed by atoms with Crippen LogP contribution in [0.2, 0.25) is 0 Å². The summed E-state index contributed by atoms with van der Waals surface area (Å²) in [4.78, 5) is 0. The molecule has 2 aliphatic heterocycles. The van der Waals surface area contributed by atoms with Gasteiger partial charge in [-0.15, -0.1) is 5.92 Å². The van der Waals surface area contributed by atoms with Crippen LogP contribution in [0, 0.1) is 29.1 Å². The lowest BCUT2D eigenvalue weighted by Crippen LogP contribution is -2.53. The van der Waals surface area contributed by atoms with Gasteiger partial charge in [0.15, 0.2) is 5.79 Å². The molecule has 2 saturated heterocycles. The maximum absolute atomic E-state index is 11.3. The van der Waals surface area contributed by atoms with Gasteiger partial charge in [0, 0.05) is 18.3 Å². The first kappa shape index (κ1) is 17.0. The van der Waals surface area contributed by atoms with Gasteiger partial charge in [0.2, 0.25) is 0 Å².